The van der Waals surface area contributed by atoms with Crippen LogP contribution in [-0.4, -0.2) is 101 Å². The average molecular weight is 558 g/mol. The van der Waals surface area contributed by atoms with Gasteiger partial charge in [-0.05, 0) is 50.4 Å². The van der Waals surface area contributed by atoms with E-state index in [1.54, 1.807) is 0 Å². The summed E-state index contributed by atoms with van der Waals surface area (Å²) in [6, 6.07) is 8.85. The number of piperazine rings is 1. The zero-order chi connectivity index (χ0) is 21.5. The standard InChI is InChI=1S/C24H39N5O2.HI/c1-20-6-3-7-21(18-20)28-13-11-27(12-14-28)10-5-9-26-24(25-2)29-15-17-31-23(19-29)22-8-4-16-30-22;/h3,6-7,18,22-23H,4-5,8-17,19H2,1-2H3,(H,25,26);1H. The normalized spacial score (nSPS) is 25.0. The lowest BCUT2D eigenvalue weighted by molar-refractivity contribution is -0.0816. The molecule has 3 heterocycles. The van der Waals surface area contributed by atoms with Crippen LogP contribution in [0.1, 0.15) is 24.8 Å². The number of rotatable bonds is 6. The van der Waals surface area contributed by atoms with Crippen LogP contribution in [0, 0.1) is 6.92 Å². The molecule has 0 aromatic heterocycles. The number of anilines is 1. The van der Waals surface area contributed by atoms with Crippen LogP contribution >= 0.6 is 24.0 Å². The Bertz CT molecular complexity index is 720. The molecule has 0 spiro atoms. The largest absolute Gasteiger partial charge is 0.375 e. The Morgan fingerprint density at radius 1 is 1.09 bits per heavy atom. The molecule has 1 N–H and O–H groups in total. The summed E-state index contributed by atoms with van der Waals surface area (Å²) in [5, 5.41) is 3.57. The average Bonchev–Trinajstić information content (AvgIpc) is 3.35. The van der Waals surface area contributed by atoms with Crippen LogP contribution in [0.3, 0.4) is 0 Å². The summed E-state index contributed by atoms with van der Waals surface area (Å²) in [4.78, 5) is 11.9. The van der Waals surface area contributed by atoms with Crippen LogP contribution in [0.4, 0.5) is 5.69 Å². The van der Waals surface area contributed by atoms with Gasteiger partial charge in [-0.1, -0.05) is 12.1 Å². The zero-order valence-corrected chi connectivity index (χ0v) is 22.0. The van der Waals surface area contributed by atoms with Gasteiger partial charge < -0.3 is 24.6 Å². The SMILES string of the molecule is CN=C(NCCCN1CCN(c2cccc(C)c2)CC1)N1CCOC(C2CCCO2)C1.I. The summed E-state index contributed by atoms with van der Waals surface area (Å²) >= 11 is 0. The van der Waals surface area contributed by atoms with Crippen molar-refractivity contribution in [2.75, 3.05) is 77.5 Å². The molecule has 8 heteroatoms. The molecule has 2 atom stereocenters. The molecule has 2 unspecified atom stereocenters. The molecule has 3 aliphatic rings. The topological polar surface area (TPSA) is 52.6 Å². The van der Waals surface area contributed by atoms with Gasteiger partial charge in [0, 0.05) is 65.2 Å². The summed E-state index contributed by atoms with van der Waals surface area (Å²) in [5.41, 5.74) is 2.69. The van der Waals surface area contributed by atoms with Crippen molar-refractivity contribution >= 4 is 35.6 Å². The summed E-state index contributed by atoms with van der Waals surface area (Å²) in [5.74, 6) is 0.996. The van der Waals surface area contributed by atoms with E-state index in [0.717, 1.165) is 90.8 Å². The molecule has 0 amide bonds. The van der Waals surface area contributed by atoms with Gasteiger partial charge in [0.2, 0.25) is 0 Å². The maximum Gasteiger partial charge on any atom is 0.193 e. The van der Waals surface area contributed by atoms with Gasteiger partial charge in [0.25, 0.3) is 0 Å². The van der Waals surface area contributed by atoms with E-state index in [1.165, 1.54) is 11.3 Å². The lowest BCUT2D eigenvalue weighted by atomic mass is 10.1. The highest BCUT2D eigenvalue weighted by Crippen LogP contribution is 2.21. The maximum absolute atomic E-state index is 5.98. The summed E-state index contributed by atoms with van der Waals surface area (Å²) < 4.78 is 11.8. The highest BCUT2D eigenvalue weighted by Gasteiger charge is 2.32. The number of nitrogens with zero attached hydrogens (tertiary/aromatic N) is 4. The first-order chi connectivity index (χ1) is 15.2. The number of nitrogens with one attached hydrogen (secondary N) is 1. The van der Waals surface area contributed by atoms with Crippen molar-refractivity contribution in [2.45, 2.75) is 38.4 Å². The molecular weight excluding hydrogens is 517 g/mol. The van der Waals surface area contributed by atoms with E-state index < -0.39 is 0 Å². The monoisotopic (exact) mass is 557 g/mol. The molecule has 1 aromatic carbocycles. The van der Waals surface area contributed by atoms with Crippen molar-refractivity contribution in [1.82, 2.24) is 15.1 Å². The van der Waals surface area contributed by atoms with E-state index in [-0.39, 0.29) is 36.2 Å². The van der Waals surface area contributed by atoms with Gasteiger partial charge >= 0.3 is 0 Å². The molecule has 7 nitrogen and oxygen atoms in total. The third-order valence-corrected chi connectivity index (χ3v) is 6.66. The molecule has 3 aliphatic heterocycles. The minimum absolute atomic E-state index is 0. The van der Waals surface area contributed by atoms with Crippen LogP contribution in [0.15, 0.2) is 29.3 Å². The summed E-state index contributed by atoms with van der Waals surface area (Å²) in [6.07, 6.45) is 3.81. The number of aryl methyl sites for hydroxylation is 1. The predicted octanol–water partition coefficient (Wildman–Crippen LogP) is 2.58. The molecular formula is C24H40IN5O2. The number of morpholine rings is 1. The van der Waals surface area contributed by atoms with Crippen molar-refractivity contribution in [1.29, 1.82) is 0 Å². The van der Waals surface area contributed by atoms with Crippen LogP contribution in [0.2, 0.25) is 0 Å². The van der Waals surface area contributed by atoms with Gasteiger partial charge in [0.1, 0.15) is 6.10 Å². The maximum atomic E-state index is 5.98. The quantitative estimate of drug-likeness (QED) is 0.251. The van der Waals surface area contributed by atoms with E-state index in [4.69, 9.17) is 9.47 Å². The number of aliphatic imine (C=N–C) groups is 1. The predicted molar refractivity (Wildman–Crippen MR) is 142 cm³/mol. The molecule has 32 heavy (non-hydrogen) atoms. The Morgan fingerprint density at radius 3 is 2.62 bits per heavy atom. The first kappa shape index (κ1) is 25.5. The molecule has 0 saturated carbocycles. The highest BCUT2D eigenvalue weighted by molar-refractivity contribution is 14.0. The summed E-state index contributed by atoms with van der Waals surface area (Å²) in [7, 11) is 1.88. The third-order valence-electron chi connectivity index (χ3n) is 6.66. The summed E-state index contributed by atoms with van der Waals surface area (Å²) in [6.45, 7) is 12.1. The van der Waals surface area contributed by atoms with Crippen LogP contribution in [-0.2, 0) is 9.47 Å². The molecule has 0 radical (unpaired) electrons. The molecule has 4 rings (SSSR count). The van der Waals surface area contributed by atoms with Crippen molar-refractivity contribution in [3.63, 3.8) is 0 Å². The second-order valence-corrected chi connectivity index (χ2v) is 8.90. The smallest absolute Gasteiger partial charge is 0.193 e. The van der Waals surface area contributed by atoms with Gasteiger partial charge in [-0.2, -0.15) is 0 Å². The molecule has 180 valence electrons. The Kier molecular flexibility index (Phi) is 10.3. The number of hydrogen-bond acceptors (Lipinski definition) is 5. The van der Waals surface area contributed by atoms with E-state index in [2.05, 4.69) is 56.2 Å². The molecule has 1 aromatic rings. The third kappa shape index (κ3) is 6.95. The molecule has 0 aliphatic carbocycles. The molecule has 3 saturated heterocycles. The van der Waals surface area contributed by atoms with Crippen LogP contribution < -0.4 is 10.2 Å². The molecule has 3 fully saturated rings. The van der Waals surface area contributed by atoms with Crippen molar-refractivity contribution in [3.05, 3.63) is 29.8 Å². The Balaban J connectivity index is 0.00000289. The second-order valence-electron chi connectivity index (χ2n) is 8.90. The van der Waals surface area contributed by atoms with Gasteiger partial charge in [-0.15, -0.1) is 24.0 Å². The van der Waals surface area contributed by atoms with Crippen molar-refractivity contribution in [3.8, 4) is 0 Å². The number of benzene rings is 1. The first-order valence-corrected chi connectivity index (χ1v) is 12.0. The number of hydrogen-bond donors (Lipinski definition) is 1. The molecule has 0 bridgehead atoms. The van der Waals surface area contributed by atoms with Crippen LogP contribution in [0.25, 0.3) is 0 Å². The van der Waals surface area contributed by atoms with Gasteiger partial charge in [-0.3, -0.25) is 9.89 Å². The Labute approximate surface area is 210 Å². The second kappa shape index (κ2) is 13.0. The Morgan fingerprint density at radius 2 is 1.91 bits per heavy atom. The van der Waals surface area contributed by atoms with Gasteiger partial charge in [-0.25, -0.2) is 0 Å². The van der Waals surface area contributed by atoms with E-state index >= 15 is 0 Å². The fraction of sp³-hybridized carbons (Fsp3) is 0.708. The van der Waals surface area contributed by atoms with Gasteiger partial charge in [0.05, 0.1) is 12.7 Å². The van der Waals surface area contributed by atoms with E-state index in [0.29, 0.717) is 0 Å². The fourth-order valence-electron chi connectivity index (χ4n) is 4.88. The Hall–Kier alpha value is -1.10. The van der Waals surface area contributed by atoms with Crippen molar-refractivity contribution < 1.29 is 9.47 Å². The van der Waals surface area contributed by atoms with Crippen molar-refractivity contribution in [2.24, 2.45) is 4.99 Å². The minimum Gasteiger partial charge on any atom is -0.375 e. The zero-order valence-electron chi connectivity index (χ0n) is 19.7. The van der Waals surface area contributed by atoms with E-state index in [9.17, 15) is 0 Å². The van der Waals surface area contributed by atoms with Crippen LogP contribution in [0.5, 0.6) is 0 Å². The fourth-order valence-corrected chi connectivity index (χ4v) is 4.88. The lowest BCUT2D eigenvalue weighted by Crippen LogP contribution is -2.53. The first-order valence-electron chi connectivity index (χ1n) is 12.0. The minimum atomic E-state index is 0. The highest BCUT2D eigenvalue weighted by atomic mass is 127. The van der Waals surface area contributed by atoms with E-state index in [1.807, 2.05) is 7.05 Å². The van der Waals surface area contributed by atoms with Gasteiger partial charge in [0.15, 0.2) is 5.96 Å². The number of halogens is 1. The number of ether oxygens (including phenoxy) is 2. The number of guanidine groups is 1. The lowest BCUT2D eigenvalue weighted by Gasteiger charge is -2.37.